The minimum absolute atomic E-state index is 0.724. The minimum Gasteiger partial charge on any atom is -0.315 e. The summed E-state index contributed by atoms with van der Waals surface area (Å²) in [5, 5.41) is 3.63. The first-order valence-electron chi connectivity index (χ1n) is 8.76. The molecule has 0 bridgehead atoms. The normalized spacial score (nSPS) is 24.8. The Labute approximate surface area is 120 Å². The SMILES string of the molecule is CCN(CC(NC)C1CCCCC1)C1CCCCC1. The third-order valence-corrected chi connectivity index (χ3v) is 5.52. The first-order chi connectivity index (χ1) is 9.35. The molecule has 0 heterocycles. The Morgan fingerprint density at radius 3 is 2.05 bits per heavy atom. The van der Waals surface area contributed by atoms with Crippen molar-refractivity contribution in [1.29, 1.82) is 0 Å². The highest BCUT2D eigenvalue weighted by Gasteiger charge is 2.27. The molecule has 0 radical (unpaired) electrons. The van der Waals surface area contributed by atoms with Gasteiger partial charge in [0.05, 0.1) is 0 Å². The number of hydrogen-bond donors (Lipinski definition) is 1. The Bertz CT molecular complexity index is 205. The highest BCUT2D eigenvalue weighted by atomic mass is 15.2. The van der Waals surface area contributed by atoms with Crippen molar-refractivity contribution in [2.24, 2.45) is 5.92 Å². The Hall–Kier alpha value is -0.0800. The highest BCUT2D eigenvalue weighted by molar-refractivity contribution is 4.84. The first kappa shape index (κ1) is 15.3. The van der Waals surface area contributed by atoms with E-state index in [2.05, 4.69) is 24.2 Å². The fourth-order valence-electron chi connectivity index (χ4n) is 4.25. The van der Waals surface area contributed by atoms with E-state index < -0.39 is 0 Å². The molecule has 1 unspecified atom stereocenters. The molecular weight excluding hydrogens is 232 g/mol. The summed E-state index contributed by atoms with van der Waals surface area (Å²) in [7, 11) is 2.17. The molecule has 0 aromatic carbocycles. The fourth-order valence-corrected chi connectivity index (χ4v) is 4.25. The minimum atomic E-state index is 0.724. The van der Waals surface area contributed by atoms with Gasteiger partial charge in [-0.25, -0.2) is 0 Å². The molecule has 2 aliphatic carbocycles. The van der Waals surface area contributed by atoms with E-state index in [1.807, 2.05) is 0 Å². The molecule has 112 valence electrons. The van der Waals surface area contributed by atoms with E-state index in [-0.39, 0.29) is 0 Å². The largest absolute Gasteiger partial charge is 0.315 e. The van der Waals surface area contributed by atoms with Gasteiger partial charge in [-0.2, -0.15) is 0 Å². The van der Waals surface area contributed by atoms with Crippen LogP contribution in [0.25, 0.3) is 0 Å². The summed E-state index contributed by atoms with van der Waals surface area (Å²) in [5.74, 6) is 0.927. The second kappa shape index (κ2) is 8.26. The number of likely N-dealkylation sites (N-methyl/N-ethyl adjacent to an activating group) is 2. The molecule has 0 spiro atoms. The summed E-state index contributed by atoms with van der Waals surface area (Å²) >= 11 is 0. The molecule has 0 amide bonds. The molecule has 0 aliphatic heterocycles. The molecule has 1 N–H and O–H groups in total. The lowest BCUT2D eigenvalue weighted by Crippen LogP contribution is -2.48. The predicted octanol–water partition coefficient (Wildman–Crippen LogP) is 3.81. The third kappa shape index (κ3) is 4.46. The van der Waals surface area contributed by atoms with E-state index >= 15 is 0 Å². The van der Waals surface area contributed by atoms with Crippen molar-refractivity contribution in [2.45, 2.75) is 83.2 Å². The summed E-state index contributed by atoms with van der Waals surface area (Å²) in [5.41, 5.74) is 0. The summed E-state index contributed by atoms with van der Waals surface area (Å²) in [6, 6.07) is 1.60. The van der Waals surface area contributed by atoms with Crippen molar-refractivity contribution in [2.75, 3.05) is 20.1 Å². The second-order valence-corrected chi connectivity index (χ2v) is 6.67. The zero-order valence-electron chi connectivity index (χ0n) is 13.2. The van der Waals surface area contributed by atoms with Gasteiger partial charge in [0.1, 0.15) is 0 Å². The Morgan fingerprint density at radius 2 is 1.53 bits per heavy atom. The number of rotatable bonds is 6. The quantitative estimate of drug-likeness (QED) is 0.786. The van der Waals surface area contributed by atoms with E-state index in [0.29, 0.717) is 0 Å². The Balaban J connectivity index is 1.86. The van der Waals surface area contributed by atoms with Gasteiger partial charge in [-0.3, -0.25) is 4.90 Å². The van der Waals surface area contributed by atoms with Crippen molar-refractivity contribution >= 4 is 0 Å². The maximum atomic E-state index is 3.63. The lowest BCUT2D eigenvalue weighted by Gasteiger charge is -2.39. The van der Waals surface area contributed by atoms with Gasteiger partial charge < -0.3 is 5.32 Å². The van der Waals surface area contributed by atoms with Crippen LogP contribution in [0.4, 0.5) is 0 Å². The van der Waals surface area contributed by atoms with Gasteiger partial charge in [0, 0.05) is 18.6 Å². The monoisotopic (exact) mass is 266 g/mol. The molecule has 0 aromatic heterocycles. The zero-order chi connectivity index (χ0) is 13.5. The molecule has 0 saturated heterocycles. The molecule has 2 heteroatoms. The van der Waals surface area contributed by atoms with E-state index in [0.717, 1.165) is 18.0 Å². The van der Waals surface area contributed by atoms with Crippen LogP contribution in [0.15, 0.2) is 0 Å². The standard InChI is InChI=1S/C17H34N2/c1-3-19(16-12-8-5-9-13-16)14-17(18-2)15-10-6-4-7-11-15/h15-18H,3-14H2,1-2H3. The maximum absolute atomic E-state index is 3.63. The summed E-state index contributed by atoms with van der Waals surface area (Å²) < 4.78 is 0. The average molecular weight is 266 g/mol. The van der Waals surface area contributed by atoms with Crippen molar-refractivity contribution < 1.29 is 0 Å². The second-order valence-electron chi connectivity index (χ2n) is 6.67. The van der Waals surface area contributed by atoms with Crippen molar-refractivity contribution in [3.63, 3.8) is 0 Å². The van der Waals surface area contributed by atoms with Crippen LogP contribution in [-0.2, 0) is 0 Å². The number of nitrogens with one attached hydrogen (secondary N) is 1. The number of hydrogen-bond acceptors (Lipinski definition) is 2. The Morgan fingerprint density at radius 1 is 0.947 bits per heavy atom. The van der Waals surface area contributed by atoms with Crippen LogP contribution in [0.5, 0.6) is 0 Å². The fraction of sp³-hybridized carbons (Fsp3) is 1.00. The van der Waals surface area contributed by atoms with Crippen LogP contribution in [0.3, 0.4) is 0 Å². The Kier molecular flexibility index (Phi) is 6.66. The van der Waals surface area contributed by atoms with Crippen LogP contribution in [0.1, 0.15) is 71.1 Å². The zero-order valence-corrected chi connectivity index (χ0v) is 13.2. The summed E-state index contributed by atoms with van der Waals surface area (Å²) in [4.78, 5) is 2.77. The number of nitrogens with zero attached hydrogens (tertiary/aromatic N) is 1. The molecule has 2 nitrogen and oxygen atoms in total. The van der Waals surface area contributed by atoms with Gasteiger partial charge in [-0.15, -0.1) is 0 Å². The van der Waals surface area contributed by atoms with E-state index in [1.165, 1.54) is 77.3 Å². The van der Waals surface area contributed by atoms with Crippen LogP contribution >= 0.6 is 0 Å². The molecular formula is C17H34N2. The first-order valence-corrected chi connectivity index (χ1v) is 8.76. The van der Waals surface area contributed by atoms with E-state index in [9.17, 15) is 0 Å². The summed E-state index contributed by atoms with van der Waals surface area (Å²) in [6.45, 7) is 4.86. The molecule has 2 aliphatic rings. The van der Waals surface area contributed by atoms with Gasteiger partial charge >= 0.3 is 0 Å². The maximum Gasteiger partial charge on any atom is 0.0220 e. The lowest BCUT2D eigenvalue weighted by atomic mass is 9.83. The van der Waals surface area contributed by atoms with Crippen LogP contribution in [0.2, 0.25) is 0 Å². The van der Waals surface area contributed by atoms with Gasteiger partial charge in [0.2, 0.25) is 0 Å². The molecule has 2 fully saturated rings. The molecule has 2 rings (SSSR count). The van der Waals surface area contributed by atoms with Gasteiger partial charge in [0.25, 0.3) is 0 Å². The third-order valence-electron chi connectivity index (χ3n) is 5.52. The smallest absolute Gasteiger partial charge is 0.0220 e. The molecule has 19 heavy (non-hydrogen) atoms. The van der Waals surface area contributed by atoms with Gasteiger partial charge in [0.15, 0.2) is 0 Å². The predicted molar refractivity (Wildman–Crippen MR) is 83.5 cm³/mol. The lowest BCUT2D eigenvalue weighted by molar-refractivity contribution is 0.126. The van der Waals surface area contributed by atoms with Crippen LogP contribution < -0.4 is 5.32 Å². The van der Waals surface area contributed by atoms with Crippen molar-refractivity contribution in [3.05, 3.63) is 0 Å². The average Bonchev–Trinajstić information content (AvgIpc) is 2.50. The summed E-state index contributed by atoms with van der Waals surface area (Å²) in [6.07, 6.45) is 14.5. The topological polar surface area (TPSA) is 15.3 Å². The van der Waals surface area contributed by atoms with E-state index in [4.69, 9.17) is 0 Å². The van der Waals surface area contributed by atoms with Gasteiger partial charge in [-0.05, 0) is 45.2 Å². The molecule has 2 saturated carbocycles. The molecule has 1 atom stereocenters. The highest BCUT2D eigenvalue weighted by Crippen LogP contribution is 2.28. The molecule has 0 aromatic rings. The van der Waals surface area contributed by atoms with Crippen LogP contribution in [0, 0.1) is 5.92 Å². The van der Waals surface area contributed by atoms with Crippen molar-refractivity contribution in [3.8, 4) is 0 Å². The van der Waals surface area contributed by atoms with E-state index in [1.54, 1.807) is 0 Å². The van der Waals surface area contributed by atoms with Gasteiger partial charge in [-0.1, -0.05) is 45.4 Å². The van der Waals surface area contributed by atoms with Crippen molar-refractivity contribution in [1.82, 2.24) is 10.2 Å². The van der Waals surface area contributed by atoms with Crippen LogP contribution in [-0.4, -0.2) is 37.1 Å².